The molecule has 1 aliphatic heterocycles. The van der Waals surface area contributed by atoms with E-state index < -0.39 is 14.9 Å². The average Bonchev–Trinajstić information content (AvgIpc) is 3.13. The fourth-order valence-electron chi connectivity index (χ4n) is 5.97. The summed E-state index contributed by atoms with van der Waals surface area (Å²) >= 11 is 1.39. The Morgan fingerprint density at radius 2 is 1.85 bits per heavy atom. The van der Waals surface area contributed by atoms with Crippen LogP contribution in [0.5, 0.6) is 0 Å². The lowest BCUT2D eigenvalue weighted by Crippen LogP contribution is -2.48. The predicted octanol–water partition coefficient (Wildman–Crippen LogP) is 3.51. The lowest BCUT2D eigenvalue weighted by Gasteiger charge is -2.56. The fourth-order valence-corrected chi connectivity index (χ4v) is 8.13. The van der Waals surface area contributed by atoms with Gasteiger partial charge in [0.1, 0.15) is 5.76 Å². The highest BCUT2D eigenvalue weighted by atomic mass is 32.2. The first-order chi connectivity index (χ1) is 12.3. The number of aromatic nitrogens is 1. The summed E-state index contributed by atoms with van der Waals surface area (Å²) in [6.45, 7) is 3.31. The van der Waals surface area contributed by atoms with Crippen LogP contribution in [0.2, 0.25) is 0 Å². The Morgan fingerprint density at radius 1 is 1.23 bits per heavy atom. The van der Waals surface area contributed by atoms with E-state index in [0.29, 0.717) is 10.9 Å². The maximum Gasteiger partial charge on any atom is 0.260 e. The molecule has 1 unspecified atom stereocenters. The van der Waals surface area contributed by atoms with Crippen molar-refractivity contribution in [3.63, 3.8) is 0 Å². The summed E-state index contributed by atoms with van der Waals surface area (Å²) in [5.74, 6) is 3.08. The zero-order valence-corrected chi connectivity index (χ0v) is 16.8. The topological polar surface area (TPSA) is 80.3 Å². The highest BCUT2D eigenvalue weighted by Gasteiger charge is 2.52. The molecule has 1 atom stereocenters. The third-order valence-corrected chi connectivity index (χ3v) is 9.43. The number of nitrogens with one attached hydrogen (secondary N) is 2. The van der Waals surface area contributed by atoms with Gasteiger partial charge in [-0.15, -0.1) is 16.8 Å². The van der Waals surface area contributed by atoms with Crippen molar-refractivity contribution < 1.29 is 13.3 Å². The number of sulfonamides is 1. The second-order valence-electron chi connectivity index (χ2n) is 8.91. The van der Waals surface area contributed by atoms with Gasteiger partial charge in [-0.3, -0.25) is 4.72 Å². The standard InChI is InChI=1S/C18H25N3O3S2/c1-11-6-17(2,21-24-11)26(22,23)20-16-19-15(10-25-16)18-7-12-3-13(8-18)5-14(4-12)9-18/h6,10,12-14,21H,3-5,7-9H2,1-2H3,(H,19,20). The number of anilines is 1. The lowest BCUT2D eigenvalue weighted by atomic mass is 9.49. The number of hydrogen-bond donors (Lipinski definition) is 2. The van der Waals surface area contributed by atoms with Gasteiger partial charge in [0.05, 0.1) is 5.69 Å². The van der Waals surface area contributed by atoms with Gasteiger partial charge in [-0.05, 0) is 76.2 Å². The van der Waals surface area contributed by atoms with Crippen LogP contribution in [0.25, 0.3) is 0 Å². The number of rotatable bonds is 4. The van der Waals surface area contributed by atoms with Crippen molar-refractivity contribution in [1.82, 2.24) is 10.5 Å². The van der Waals surface area contributed by atoms with Crippen LogP contribution in [0.3, 0.4) is 0 Å². The Labute approximate surface area is 158 Å². The first-order valence-electron chi connectivity index (χ1n) is 9.39. The van der Waals surface area contributed by atoms with E-state index in [1.807, 2.05) is 0 Å². The van der Waals surface area contributed by atoms with Crippen molar-refractivity contribution in [3.05, 3.63) is 22.9 Å². The summed E-state index contributed by atoms with van der Waals surface area (Å²) in [5, 5.41) is 2.53. The third-order valence-electron chi connectivity index (χ3n) is 6.76. The first-order valence-corrected chi connectivity index (χ1v) is 11.8. The summed E-state index contributed by atoms with van der Waals surface area (Å²) in [6.07, 6.45) is 9.41. The van der Waals surface area contributed by atoms with Gasteiger partial charge in [-0.25, -0.2) is 13.4 Å². The highest BCUT2D eigenvalue weighted by molar-refractivity contribution is 7.94. The largest absolute Gasteiger partial charge is 0.412 e. The average molecular weight is 396 g/mol. The molecule has 4 fully saturated rings. The van der Waals surface area contributed by atoms with Gasteiger partial charge >= 0.3 is 0 Å². The van der Waals surface area contributed by atoms with Crippen molar-refractivity contribution >= 4 is 26.5 Å². The molecule has 0 amide bonds. The van der Waals surface area contributed by atoms with Gasteiger partial charge in [0.2, 0.25) is 0 Å². The molecular formula is C18H25N3O3S2. The minimum Gasteiger partial charge on any atom is -0.412 e. The first kappa shape index (κ1) is 17.0. The molecule has 1 aromatic rings. The van der Waals surface area contributed by atoms with Gasteiger partial charge in [0.25, 0.3) is 10.0 Å². The lowest BCUT2D eigenvalue weighted by molar-refractivity contribution is -0.00688. The molecule has 1 aromatic heterocycles. The molecule has 0 radical (unpaired) electrons. The molecule has 8 heteroatoms. The molecule has 2 heterocycles. The van der Waals surface area contributed by atoms with E-state index in [2.05, 4.69) is 15.6 Å². The van der Waals surface area contributed by atoms with E-state index in [0.717, 1.165) is 23.4 Å². The molecule has 0 saturated heterocycles. The van der Waals surface area contributed by atoms with Crippen molar-refractivity contribution in [3.8, 4) is 0 Å². The molecule has 26 heavy (non-hydrogen) atoms. The van der Waals surface area contributed by atoms with Crippen molar-refractivity contribution in [2.45, 2.75) is 62.7 Å². The normalized spacial score (nSPS) is 41.2. The number of thiazole rings is 1. The SMILES string of the molecule is CC1=CC(C)(S(=O)(=O)Nc2nc(C34CC5CC(CC(C5)C3)C4)cs2)NO1. The second kappa shape index (κ2) is 5.45. The van der Waals surface area contributed by atoms with Gasteiger partial charge in [0, 0.05) is 10.8 Å². The summed E-state index contributed by atoms with van der Waals surface area (Å²) < 4.78 is 28.3. The summed E-state index contributed by atoms with van der Waals surface area (Å²) in [7, 11) is -3.70. The van der Waals surface area contributed by atoms with E-state index in [9.17, 15) is 8.42 Å². The number of hydroxylamine groups is 1. The van der Waals surface area contributed by atoms with Crippen LogP contribution in [-0.4, -0.2) is 18.3 Å². The van der Waals surface area contributed by atoms with E-state index >= 15 is 0 Å². The molecule has 0 aromatic carbocycles. The van der Waals surface area contributed by atoms with Crippen LogP contribution in [0.4, 0.5) is 5.13 Å². The summed E-state index contributed by atoms with van der Waals surface area (Å²) in [4.78, 5) is 8.60. The van der Waals surface area contributed by atoms with Crippen LogP contribution >= 0.6 is 11.3 Å². The van der Waals surface area contributed by atoms with Crippen molar-refractivity contribution in [2.75, 3.05) is 4.72 Å². The van der Waals surface area contributed by atoms with Crippen LogP contribution in [0.15, 0.2) is 17.2 Å². The molecule has 4 bridgehead atoms. The van der Waals surface area contributed by atoms with Gasteiger partial charge < -0.3 is 4.84 Å². The molecule has 5 aliphatic rings. The molecule has 6 nitrogen and oxygen atoms in total. The molecule has 6 rings (SSSR count). The zero-order chi connectivity index (χ0) is 18.2. The van der Waals surface area contributed by atoms with Crippen molar-refractivity contribution in [2.24, 2.45) is 17.8 Å². The monoisotopic (exact) mass is 395 g/mol. The number of allylic oxidation sites excluding steroid dienone is 1. The van der Waals surface area contributed by atoms with Crippen molar-refractivity contribution in [1.29, 1.82) is 0 Å². The zero-order valence-electron chi connectivity index (χ0n) is 15.1. The van der Waals surface area contributed by atoms with Crippen LogP contribution in [0, 0.1) is 17.8 Å². The Balaban J connectivity index is 1.40. The molecular weight excluding hydrogens is 370 g/mol. The van der Waals surface area contributed by atoms with Gasteiger partial charge in [0.15, 0.2) is 10.0 Å². The fraction of sp³-hybridized carbons (Fsp3) is 0.722. The van der Waals surface area contributed by atoms with Crippen LogP contribution in [-0.2, 0) is 20.3 Å². The van der Waals surface area contributed by atoms with Crippen LogP contribution in [0.1, 0.15) is 58.1 Å². The molecule has 0 spiro atoms. The molecule has 2 N–H and O–H groups in total. The minimum absolute atomic E-state index is 0.185. The smallest absolute Gasteiger partial charge is 0.260 e. The maximum atomic E-state index is 12.8. The predicted molar refractivity (Wildman–Crippen MR) is 101 cm³/mol. The summed E-state index contributed by atoms with van der Waals surface area (Å²) in [6, 6.07) is 0. The Kier molecular flexibility index (Phi) is 3.57. The Morgan fingerprint density at radius 3 is 2.38 bits per heavy atom. The number of hydrogen-bond acceptors (Lipinski definition) is 6. The minimum atomic E-state index is -3.70. The third kappa shape index (κ3) is 2.52. The number of nitrogens with zero attached hydrogens (tertiary/aromatic N) is 1. The maximum absolute atomic E-state index is 12.8. The van der Waals surface area contributed by atoms with Crippen LogP contribution < -0.4 is 10.2 Å². The van der Waals surface area contributed by atoms with Gasteiger partial charge in [-0.1, -0.05) is 0 Å². The van der Waals surface area contributed by atoms with E-state index in [1.165, 1.54) is 49.9 Å². The van der Waals surface area contributed by atoms with E-state index in [1.54, 1.807) is 19.9 Å². The highest BCUT2D eigenvalue weighted by Crippen LogP contribution is 2.60. The summed E-state index contributed by atoms with van der Waals surface area (Å²) in [5.41, 5.74) is 3.88. The van der Waals surface area contributed by atoms with Gasteiger partial charge in [-0.2, -0.15) is 0 Å². The molecule has 142 valence electrons. The van der Waals surface area contributed by atoms with E-state index in [4.69, 9.17) is 9.82 Å². The Hall–Kier alpha value is -1.12. The molecule has 4 saturated carbocycles. The Bertz CT molecular complexity index is 841. The quantitative estimate of drug-likeness (QED) is 0.815. The second-order valence-corrected chi connectivity index (χ2v) is 11.8. The van der Waals surface area contributed by atoms with E-state index in [-0.39, 0.29) is 5.41 Å². The molecule has 4 aliphatic carbocycles.